The summed E-state index contributed by atoms with van der Waals surface area (Å²) in [6.07, 6.45) is 1.64. The number of imide groups is 1. The normalized spacial score (nSPS) is 15.4. The summed E-state index contributed by atoms with van der Waals surface area (Å²) >= 11 is 0.889. The van der Waals surface area contributed by atoms with E-state index < -0.39 is 0 Å². The van der Waals surface area contributed by atoms with Gasteiger partial charge in [0.25, 0.3) is 11.1 Å². The number of benzene rings is 2. The van der Waals surface area contributed by atoms with Crippen LogP contribution in [0.4, 0.5) is 10.5 Å². The van der Waals surface area contributed by atoms with Crippen molar-refractivity contribution in [1.29, 1.82) is 0 Å². The standard InChI is InChI=1S/C20H19NO5S/c1-4-26-15-7-5-14(6-8-15)21-19(22)18(27-20(21)23)12-13-11-16(24-2)9-10-17(13)25-3/h5-12H,4H2,1-3H3/b18-12-. The highest BCUT2D eigenvalue weighted by atomic mass is 32.2. The van der Waals surface area contributed by atoms with Crippen LogP contribution in [0.25, 0.3) is 6.08 Å². The number of nitrogens with zero attached hydrogens (tertiary/aromatic N) is 1. The Kier molecular flexibility index (Phi) is 5.71. The third-order valence-electron chi connectivity index (χ3n) is 3.92. The van der Waals surface area contributed by atoms with Gasteiger partial charge in [-0.3, -0.25) is 9.59 Å². The Balaban J connectivity index is 1.91. The maximum atomic E-state index is 12.8. The van der Waals surface area contributed by atoms with E-state index in [-0.39, 0.29) is 11.1 Å². The van der Waals surface area contributed by atoms with E-state index in [2.05, 4.69) is 0 Å². The lowest BCUT2D eigenvalue weighted by molar-refractivity contribution is -0.113. The number of methoxy groups -OCH3 is 2. The molecular formula is C20H19NO5S. The fourth-order valence-corrected chi connectivity index (χ4v) is 3.47. The third-order valence-corrected chi connectivity index (χ3v) is 4.79. The highest BCUT2D eigenvalue weighted by Gasteiger charge is 2.36. The Bertz CT molecular complexity index is 892. The van der Waals surface area contributed by atoms with Gasteiger partial charge < -0.3 is 14.2 Å². The molecule has 3 rings (SSSR count). The molecule has 1 fully saturated rings. The summed E-state index contributed by atoms with van der Waals surface area (Å²) in [5.74, 6) is 1.53. The van der Waals surface area contributed by atoms with Gasteiger partial charge in [-0.2, -0.15) is 0 Å². The minimum Gasteiger partial charge on any atom is -0.497 e. The van der Waals surface area contributed by atoms with Crippen molar-refractivity contribution in [3.05, 3.63) is 52.9 Å². The zero-order valence-electron chi connectivity index (χ0n) is 15.2. The molecule has 1 saturated heterocycles. The Morgan fingerprint density at radius 1 is 1.00 bits per heavy atom. The minimum atomic E-state index is -0.376. The first-order chi connectivity index (χ1) is 13.1. The van der Waals surface area contributed by atoms with E-state index in [1.165, 1.54) is 0 Å². The molecule has 0 atom stereocenters. The molecule has 7 heteroatoms. The first-order valence-electron chi connectivity index (χ1n) is 8.30. The van der Waals surface area contributed by atoms with E-state index in [4.69, 9.17) is 14.2 Å². The fraction of sp³-hybridized carbons (Fsp3) is 0.200. The summed E-state index contributed by atoms with van der Waals surface area (Å²) in [5.41, 5.74) is 1.16. The molecule has 1 aliphatic heterocycles. The minimum absolute atomic E-state index is 0.320. The van der Waals surface area contributed by atoms with Crippen molar-refractivity contribution >= 4 is 34.7 Å². The van der Waals surface area contributed by atoms with Crippen molar-refractivity contribution in [2.24, 2.45) is 0 Å². The second-order valence-corrected chi connectivity index (χ2v) is 6.55. The molecule has 2 aromatic carbocycles. The van der Waals surface area contributed by atoms with Crippen LogP contribution in [-0.4, -0.2) is 32.0 Å². The van der Waals surface area contributed by atoms with E-state index >= 15 is 0 Å². The van der Waals surface area contributed by atoms with Crippen molar-refractivity contribution in [1.82, 2.24) is 0 Å². The second kappa shape index (κ2) is 8.18. The highest BCUT2D eigenvalue weighted by molar-refractivity contribution is 8.19. The molecule has 1 aliphatic rings. The summed E-state index contributed by atoms with van der Waals surface area (Å²) in [6.45, 7) is 2.44. The smallest absolute Gasteiger partial charge is 0.298 e. The molecule has 0 radical (unpaired) electrons. The Labute approximate surface area is 161 Å². The quantitative estimate of drug-likeness (QED) is 0.689. The number of thioether (sulfide) groups is 1. The summed E-state index contributed by atoms with van der Waals surface area (Å²) in [5, 5.41) is -0.350. The van der Waals surface area contributed by atoms with Gasteiger partial charge in [0.15, 0.2) is 0 Å². The molecule has 0 bridgehead atoms. The first kappa shape index (κ1) is 18.8. The Morgan fingerprint density at radius 2 is 1.70 bits per heavy atom. The van der Waals surface area contributed by atoms with E-state index in [1.807, 2.05) is 6.92 Å². The molecule has 1 heterocycles. The number of rotatable bonds is 6. The van der Waals surface area contributed by atoms with E-state index in [9.17, 15) is 9.59 Å². The number of amides is 2. The van der Waals surface area contributed by atoms with E-state index in [1.54, 1.807) is 62.8 Å². The van der Waals surface area contributed by atoms with Gasteiger partial charge in [0, 0.05) is 5.56 Å². The number of ether oxygens (including phenoxy) is 3. The summed E-state index contributed by atoms with van der Waals surface area (Å²) < 4.78 is 15.9. The fourth-order valence-electron chi connectivity index (χ4n) is 2.64. The van der Waals surface area contributed by atoms with Crippen molar-refractivity contribution < 1.29 is 23.8 Å². The zero-order valence-corrected chi connectivity index (χ0v) is 16.0. The summed E-state index contributed by atoms with van der Waals surface area (Å²) in [7, 11) is 3.11. The molecule has 0 spiro atoms. The molecular weight excluding hydrogens is 366 g/mol. The lowest BCUT2D eigenvalue weighted by Crippen LogP contribution is -2.27. The first-order valence-corrected chi connectivity index (χ1v) is 9.12. The second-order valence-electron chi connectivity index (χ2n) is 5.55. The van der Waals surface area contributed by atoms with Crippen LogP contribution in [0.1, 0.15) is 12.5 Å². The van der Waals surface area contributed by atoms with Crippen LogP contribution in [0, 0.1) is 0 Å². The molecule has 27 heavy (non-hydrogen) atoms. The largest absolute Gasteiger partial charge is 0.497 e. The average molecular weight is 385 g/mol. The van der Waals surface area contributed by atoms with Gasteiger partial charge in [0.2, 0.25) is 0 Å². The van der Waals surface area contributed by atoms with Crippen molar-refractivity contribution in [3.8, 4) is 17.2 Å². The molecule has 0 aromatic heterocycles. The van der Waals surface area contributed by atoms with Gasteiger partial charge in [-0.25, -0.2) is 4.90 Å². The van der Waals surface area contributed by atoms with Crippen LogP contribution < -0.4 is 19.1 Å². The number of anilines is 1. The topological polar surface area (TPSA) is 65.1 Å². The van der Waals surface area contributed by atoms with Crippen LogP contribution in [0.2, 0.25) is 0 Å². The van der Waals surface area contributed by atoms with Crippen LogP contribution >= 0.6 is 11.8 Å². The van der Waals surface area contributed by atoms with E-state index in [0.717, 1.165) is 16.7 Å². The van der Waals surface area contributed by atoms with Gasteiger partial charge in [0.05, 0.1) is 31.4 Å². The predicted octanol–water partition coefficient (Wildman–Crippen LogP) is 4.34. The molecule has 6 nitrogen and oxygen atoms in total. The summed E-state index contributed by atoms with van der Waals surface area (Å²) in [4.78, 5) is 26.7. The lowest BCUT2D eigenvalue weighted by Gasteiger charge is -2.13. The number of carbonyl (C=O) groups is 2. The predicted molar refractivity (Wildman–Crippen MR) is 106 cm³/mol. The number of hydrogen-bond acceptors (Lipinski definition) is 6. The van der Waals surface area contributed by atoms with Crippen LogP contribution in [0.3, 0.4) is 0 Å². The SMILES string of the molecule is CCOc1ccc(N2C(=O)S/C(=C\c3cc(OC)ccc3OC)C2=O)cc1. The number of carbonyl (C=O) groups excluding carboxylic acids is 2. The van der Waals surface area contributed by atoms with Crippen molar-refractivity contribution in [2.75, 3.05) is 25.7 Å². The van der Waals surface area contributed by atoms with Gasteiger partial charge in [0.1, 0.15) is 17.2 Å². The molecule has 2 aromatic rings. The number of hydrogen-bond donors (Lipinski definition) is 0. The van der Waals surface area contributed by atoms with Crippen molar-refractivity contribution in [3.63, 3.8) is 0 Å². The van der Waals surface area contributed by atoms with E-state index in [0.29, 0.717) is 40.0 Å². The molecule has 0 aliphatic carbocycles. The summed E-state index contributed by atoms with van der Waals surface area (Å²) in [6, 6.07) is 12.1. The van der Waals surface area contributed by atoms with Crippen molar-refractivity contribution in [2.45, 2.75) is 6.92 Å². The monoisotopic (exact) mass is 385 g/mol. The third kappa shape index (κ3) is 3.93. The van der Waals surface area contributed by atoms with Crippen LogP contribution in [0.5, 0.6) is 17.2 Å². The maximum Gasteiger partial charge on any atom is 0.298 e. The molecule has 0 saturated carbocycles. The Hall–Kier alpha value is -2.93. The molecule has 2 amide bonds. The van der Waals surface area contributed by atoms with Crippen LogP contribution in [0.15, 0.2) is 47.4 Å². The van der Waals surface area contributed by atoms with Gasteiger partial charge in [-0.1, -0.05) is 0 Å². The molecule has 0 unspecified atom stereocenters. The average Bonchev–Trinajstić information content (AvgIpc) is 2.96. The zero-order chi connectivity index (χ0) is 19.4. The van der Waals surface area contributed by atoms with Crippen LogP contribution in [-0.2, 0) is 4.79 Å². The van der Waals surface area contributed by atoms with Gasteiger partial charge in [-0.05, 0) is 67.2 Å². The lowest BCUT2D eigenvalue weighted by atomic mass is 10.1. The molecule has 140 valence electrons. The van der Waals surface area contributed by atoms with Gasteiger partial charge in [-0.15, -0.1) is 0 Å². The highest BCUT2D eigenvalue weighted by Crippen LogP contribution is 2.37. The van der Waals surface area contributed by atoms with Gasteiger partial charge >= 0.3 is 0 Å². The Morgan fingerprint density at radius 3 is 2.33 bits per heavy atom. The molecule has 0 N–H and O–H groups in total. The maximum absolute atomic E-state index is 12.8.